The molecular weight excluding hydrogens is 218 g/mol. The summed E-state index contributed by atoms with van der Waals surface area (Å²) in [6, 6.07) is 7.88. The van der Waals surface area contributed by atoms with Gasteiger partial charge in [-0.2, -0.15) is 0 Å². The quantitative estimate of drug-likeness (QED) is 0.777. The predicted octanol–water partition coefficient (Wildman–Crippen LogP) is 4.13. The normalized spacial score (nSPS) is 12.2. The first kappa shape index (κ1) is 13.3. The van der Waals surface area contributed by atoms with E-state index in [0.29, 0.717) is 0 Å². The summed E-state index contributed by atoms with van der Waals surface area (Å²) in [5, 5.41) is 4.23. The summed E-state index contributed by atoms with van der Waals surface area (Å²) in [5.74, 6) is 0. The molecule has 88 valence electrons. The van der Waals surface area contributed by atoms with E-state index < -0.39 is 0 Å². The lowest BCUT2D eigenvalue weighted by molar-refractivity contribution is 0.431. The van der Waals surface area contributed by atoms with E-state index in [1.807, 2.05) is 18.2 Å². The zero-order valence-corrected chi connectivity index (χ0v) is 11.0. The monoisotopic (exact) mass is 237 g/mol. The Morgan fingerprint density at radius 2 is 2.06 bits per heavy atom. The van der Waals surface area contributed by atoms with Gasteiger partial charge in [0.2, 0.25) is 0 Å². The summed E-state index contributed by atoms with van der Waals surface area (Å²) in [7, 11) is 0. The molecule has 1 N–H and O–H groups in total. The first-order valence-electron chi connectivity index (χ1n) is 5.64. The van der Waals surface area contributed by atoms with Crippen LogP contribution >= 0.6 is 11.6 Å². The fourth-order valence-corrected chi connectivity index (χ4v) is 1.56. The van der Waals surface area contributed by atoms with Crippen molar-refractivity contribution in [3.63, 3.8) is 0 Å². The number of benzene rings is 1. The maximum Gasteiger partial charge on any atom is 0.0411 e. The van der Waals surface area contributed by atoms with Crippen LogP contribution < -0.4 is 5.32 Å². The average molecular weight is 238 g/mol. The molecule has 0 bridgehead atoms. The molecule has 0 aromatic heterocycles. The molecule has 0 amide bonds. The van der Waals surface area contributed by atoms with Crippen molar-refractivity contribution < 1.29 is 0 Å². The molecule has 0 aliphatic carbocycles. The summed E-state index contributed by atoms with van der Waals surface area (Å²) >= 11 is 5.90. The molecule has 2 heteroatoms. The molecule has 0 fully saturated rings. The molecule has 0 spiro atoms. The molecule has 0 heterocycles. The van der Waals surface area contributed by atoms with Gasteiger partial charge in [0.25, 0.3) is 0 Å². The van der Waals surface area contributed by atoms with Crippen LogP contribution in [0.2, 0.25) is 5.02 Å². The summed E-state index contributed by atoms with van der Waals surface area (Å²) < 4.78 is 0. The first-order valence-corrected chi connectivity index (χ1v) is 6.02. The van der Waals surface area contributed by atoms with Crippen LogP contribution in [-0.2, 0) is 0 Å². The number of rotatable bonds is 4. The van der Waals surface area contributed by atoms with Crippen molar-refractivity contribution in [2.24, 2.45) is 0 Å². The smallest absolute Gasteiger partial charge is 0.0411 e. The van der Waals surface area contributed by atoms with Gasteiger partial charge in [0.05, 0.1) is 0 Å². The topological polar surface area (TPSA) is 12.0 Å². The second-order valence-electron chi connectivity index (χ2n) is 4.92. The van der Waals surface area contributed by atoms with Crippen molar-refractivity contribution >= 4 is 17.7 Å². The highest BCUT2D eigenvalue weighted by atomic mass is 35.5. The lowest BCUT2D eigenvalue weighted by atomic mass is 10.1. The zero-order chi connectivity index (χ0) is 12.0. The molecule has 0 aliphatic heterocycles. The zero-order valence-electron chi connectivity index (χ0n) is 10.3. The molecule has 0 saturated heterocycles. The van der Waals surface area contributed by atoms with Gasteiger partial charge in [0.15, 0.2) is 0 Å². The van der Waals surface area contributed by atoms with Gasteiger partial charge in [-0.05, 0) is 51.4 Å². The third-order valence-corrected chi connectivity index (χ3v) is 2.36. The fourth-order valence-electron chi connectivity index (χ4n) is 1.36. The predicted molar refractivity (Wildman–Crippen MR) is 72.9 cm³/mol. The number of nitrogens with one attached hydrogen (secondary N) is 1. The summed E-state index contributed by atoms with van der Waals surface area (Å²) in [6.07, 6.45) is 5.31. The highest BCUT2D eigenvalue weighted by Crippen LogP contribution is 2.11. The lowest BCUT2D eigenvalue weighted by Gasteiger charge is -2.19. The second kappa shape index (κ2) is 6.07. The average Bonchev–Trinajstić information content (AvgIpc) is 2.15. The van der Waals surface area contributed by atoms with Crippen LogP contribution in [-0.4, -0.2) is 12.1 Å². The minimum absolute atomic E-state index is 0.198. The number of hydrogen-bond donors (Lipinski definition) is 1. The van der Waals surface area contributed by atoms with Crippen molar-refractivity contribution in [2.45, 2.75) is 32.7 Å². The van der Waals surface area contributed by atoms with E-state index >= 15 is 0 Å². The Morgan fingerprint density at radius 1 is 1.31 bits per heavy atom. The van der Waals surface area contributed by atoms with Crippen LogP contribution in [0.25, 0.3) is 6.08 Å². The van der Waals surface area contributed by atoms with Crippen molar-refractivity contribution in [3.8, 4) is 0 Å². The Balaban J connectivity index is 2.33. The molecule has 0 radical (unpaired) electrons. The highest BCUT2D eigenvalue weighted by Gasteiger charge is 2.06. The van der Waals surface area contributed by atoms with Gasteiger partial charge in [-0.25, -0.2) is 0 Å². The van der Waals surface area contributed by atoms with Crippen molar-refractivity contribution in [1.82, 2.24) is 5.32 Å². The van der Waals surface area contributed by atoms with E-state index in [1.165, 1.54) is 0 Å². The largest absolute Gasteiger partial charge is 0.312 e. The minimum atomic E-state index is 0.198. The van der Waals surface area contributed by atoms with Crippen LogP contribution in [0.4, 0.5) is 0 Å². The molecule has 1 rings (SSSR count). The van der Waals surface area contributed by atoms with Gasteiger partial charge in [0.1, 0.15) is 0 Å². The fraction of sp³-hybridized carbons (Fsp3) is 0.429. The highest BCUT2D eigenvalue weighted by molar-refractivity contribution is 6.30. The molecule has 16 heavy (non-hydrogen) atoms. The van der Waals surface area contributed by atoms with Crippen molar-refractivity contribution in [3.05, 3.63) is 40.9 Å². The molecule has 0 saturated carbocycles. The lowest BCUT2D eigenvalue weighted by Crippen LogP contribution is -2.36. The van der Waals surface area contributed by atoms with Crippen LogP contribution in [0.1, 0.15) is 32.8 Å². The molecule has 0 atom stereocenters. The standard InChI is InChI=1S/C14H20ClN/c1-14(2,3)16-10-5-4-7-12-8-6-9-13(15)11-12/h4,6-9,11,16H,5,10H2,1-3H3. The molecule has 1 aromatic rings. The van der Waals surface area contributed by atoms with Gasteiger partial charge >= 0.3 is 0 Å². The van der Waals surface area contributed by atoms with E-state index in [-0.39, 0.29) is 5.54 Å². The maximum absolute atomic E-state index is 5.90. The summed E-state index contributed by atoms with van der Waals surface area (Å²) in [5.41, 5.74) is 1.35. The third kappa shape index (κ3) is 5.94. The second-order valence-corrected chi connectivity index (χ2v) is 5.36. The summed E-state index contributed by atoms with van der Waals surface area (Å²) in [6.45, 7) is 7.52. The Morgan fingerprint density at radius 3 is 2.69 bits per heavy atom. The van der Waals surface area contributed by atoms with E-state index in [1.54, 1.807) is 0 Å². The maximum atomic E-state index is 5.90. The Labute approximate surface area is 104 Å². The SMILES string of the molecule is CC(C)(C)NCCC=Cc1cccc(Cl)c1. The van der Waals surface area contributed by atoms with E-state index in [4.69, 9.17) is 11.6 Å². The third-order valence-electron chi connectivity index (χ3n) is 2.13. The first-order chi connectivity index (χ1) is 7.47. The molecular formula is C14H20ClN. The van der Waals surface area contributed by atoms with E-state index in [9.17, 15) is 0 Å². The molecule has 0 aliphatic rings. The van der Waals surface area contributed by atoms with Crippen LogP contribution in [0.3, 0.4) is 0 Å². The van der Waals surface area contributed by atoms with Crippen LogP contribution in [0.15, 0.2) is 30.3 Å². The molecule has 1 nitrogen and oxygen atoms in total. The van der Waals surface area contributed by atoms with Gasteiger partial charge in [0, 0.05) is 10.6 Å². The van der Waals surface area contributed by atoms with Gasteiger partial charge in [-0.1, -0.05) is 35.9 Å². The number of halogens is 1. The molecule has 0 unspecified atom stereocenters. The van der Waals surface area contributed by atoms with Gasteiger partial charge in [-0.15, -0.1) is 0 Å². The van der Waals surface area contributed by atoms with E-state index in [2.05, 4.69) is 44.3 Å². The van der Waals surface area contributed by atoms with Crippen molar-refractivity contribution in [2.75, 3.05) is 6.54 Å². The van der Waals surface area contributed by atoms with Crippen LogP contribution in [0.5, 0.6) is 0 Å². The Kier molecular flexibility index (Phi) is 5.04. The Hall–Kier alpha value is -0.790. The Bertz CT molecular complexity index is 350. The minimum Gasteiger partial charge on any atom is -0.312 e. The van der Waals surface area contributed by atoms with E-state index in [0.717, 1.165) is 23.6 Å². The van der Waals surface area contributed by atoms with Crippen molar-refractivity contribution in [1.29, 1.82) is 0 Å². The summed E-state index contributed by atoms with van der Waals surface area (Å²) in [4.78, 5) is 0. The number of hydrogen-bond acceptors (Lipinski definition) is 1. The van der Waals surface area contributed by atoms with Crippen LogP contribution in [0, 0.1) is 0 Å². The molecule has 1 aromatic carbocycles. The van der Waals surface area contributed by atoms with Gasteiger partial charge < -0.3 is 5.32 Å². The van der Waals surface area contributed by atoms with Gasteiger partial charge in [-0.3, -0.25) is 0 Å².